The van der Waals surface area contributed by atoms with Gasteiger partial charge in [-0.25, -0.2) is 0 Å². The highest BCUT2D eigenvalue weighted by Crippen LogP contribution is 2.36. The van der Waals surface area contributed by atoms with E-state index in [0.29, 0.717) is 21.9 Å². The van der Waals surface area contributed by atoms with E-state index in [9.17, 15) is 18.0 Å². The van der Waals surface area contributed by atoms with Crippen LogP contribution in [0.15, 0.2) is 76.5 Å². The zero-order valence-corrected chi connectivity index (χ0v) is 22.2. The number of imide groups is 1. The molecule has 4 rings (SSSR count). The van der Waals surface area contributed by atoms with Crippen LogP contribution in [0.4, 0.5) is 4.79 Å². The quantitative estimate of drug-likeness (QED) is 0.241. The first-order valence-corrected chi connectivity index (χ1v) is 13.7. The molecule has 1 aliphatic rings. The molecule has 1 heterocycles. The van der Waals surface area contributed by atoms with Crippen molar-refractivity contribution in [2.45, 2.75) is 18.4 Å². The third kappa shape index (κ3) is 6.10. The van der Waals surface area contributed by atoms with E-state index in [2.05, 4.69) is 0 Å². The van der Waals surface area contributed by atoms with E-state index in [1.54, 1.807) is 49.4 Å². The Morgan fingerprint density at radius 3 is 2.41 bits per heavy atom. The molecule has 37 heavy (non-hydrogen) atoms. The van der Waals surface area contributed by atoms with Crippen molar-refractivity contribution in [1.82, 2.24) is 4.90 Å². The lowest BCUT2D eigenvalue weighted by atomic mass is 10.1. The molecule has 0 aromatic heterocycles. The molecule has 3 aromatic carbocycles. The lowest BCUT2D eigenvalue weighted by Crippen LogP contribution is -2.27. The first kappa shape index (κ1) is 26.6. The van der Waals surface area contributed by atoms with Gasteiger partial charge in [-0.2, -0.15) is 8.42 Å². The molecule has 0 N–H and O–H groups in total. The monoisotopic (exact) mass is 559 g/mol. The number of ether oxygens (including phenoxy) is 2. The predicted octanol–water partition coefficient (Wildman–Crippen LogP) is 5.75. The highest BCUT2D eigenvalue weighted by Gasteiger charge is 2.35. The van der Waals surface area contributed by atoms with E-state index in [4.69, 9.17) is 25.3 Å². The van der Waals surface area contributed by atoms with Crippen LogP contribution in [0.5, 0.6) is 17.2 Å². The second-order valence-electron chi connectivity index (χ2n) is 7.71. The molecule has 0 radical (unpaired) electrons. The number of carbonyl (C=O) groups is 2. The lowest BCUT2D eigenvalue weighted by Gasteiger charge is -2.13. The number of benzene rings is 3. The summed E-state index contributed by atoms with van der Waals surface area (Å²) >= 11 is 6.99. The third-order valence-corrected chi connectivity index (χ3v) is 7.80. The van der Waals surface area contributed by atoms with Crippen molar-refractivity contribution in [3.63, 3.8) is 0 Å². The fourth-order valence-electron chi connectivity index (χ4n) is 3.44. The average Bonchev–Trinajstić information content (AvgIpc) is 3.14. The van der Waals surface area contributed by atoms with E-state index in [-0.39, 0.29) is 34.5 Å². The second-order valence-corrected chi connectivity index (χ2v) is 10.7. The molecule has 3 aromatic rings. The number of hydrogen-bond acceptors (Lipinski definition) is 8. The molecule has 192 valence electrons. The van der Waals surface area contributed by atoms with Gasteiger partial charge in [0, 0.05) is 5.02 Å². The van der Waals surface area contributed by atoms with Crippen LogP contribution in [-0.4, -0.2) is 38.2 Å². The Balaban J connectivity index is 1.57. The van der Waals surface area contributed by atoms with Gasteiger partial charge in [0.25, 0.3) is 11.1 Å². The molecule has 8 nitrogen and oxygen atoms in total. The van der Waals surface area contributed by atoms with Gasteiger partial charge in [-0.15, -0.1) is 0 Å². The highest BCUT2D eigenvalue weighted by atomic mass is 35.5. The zero-order chi connectivity index (χ0) is 26.6. The molecule has 0 bridgehead atoms. The Hall–Kier alpha value is -3.47. The van der Waals surface area contributed by atoms with Crippen LogP contribution < -0.4 is 13.7 Å². The van der Waals surface area contributed by atoms with Gasteiger partial charge < -0.3 is 13.7 Å². The summed E-state index contributed by atoms with van der Waals surface area (Å²) < 4.78 is 41.6. The fourth-order valence-corrected chi connectivity index (χ4v) is 5.42. The Morgan fingerprint density at radius 1 is 1.00 bits per heavy atom. The van der Waals surface area contributed by atoms with Gasteiger partial charge in [0.05, 0.1) is 25.2 Å². The molecule has 0 atom stereocenters. The van der Waals surface area contributed by atoms with Gasteiger partial charge in [-0.1, -0.05) is 35.9 Å². The summed E-state index contributed by atoms with van der Waals surface area (Å²) in [6.07, 6.45) is 1.54. The Kier molecular flexibility index (Phi) is 8.11. The van der Waals surface area contributed by atoms with Crippen molar-refractivity contribution in [3.05, 3.63) is 87.8 Å². The van der Waals surface area contributed by atoms with Gasteiger partial charge in [-0.05, 0) is 78.4 Å². The number of methoxy groups -OCH3 is 1. The SMILES string of the molecule is CCOc1cc(/C=C2\SC(=O)N(Cc3ccccc3Cl)C2=O)ccc1OS(=O)(=O)c1ccc(OC)cc1. The topological polar surface area (TPSA) is 99.2 Å². The van der Waals surface area contributed by atoms with Crippen LogP contribution in [0.3, 0.4) is 0 Å². The summed E-state index contributed by atoms with van der Waals surface area (Å²) in [5.41, 5.74) is 1.19. The lowest BCUT2D eigenvalue weighted by molar-refractivity contribution is -0.123. The van der Waals surface area contributed by atoms with E-state index < -0.39 is 21.3 Å². The number of amides is 2. The molecule has 1 fully saturated rings. The molecule has 0 spiro atoms. The minimum Gasteiger partial charge on any atom is -0.497 e. The third-order valence-electron chi connectivity index (χ3n) is 5.27. The number of halogens is 1. The summed E-state index contributed by atoms with van der Waals surface area (Å²) in [7, 11) is -2.66. The maximum absolute atomic E-state index is 12.9. The van der Waals surface area contributed by atoms with Gasteiger partial charge in [0.1, 0.15) is 10.6 Å². The zero-order valence-electron chi connectivity index (χ0n) is 19.8. The van der Waals surface area contributed by atoms with Crippen LogP contribution >= 0.6 is 23.4 Å². The number of rotatable bonds is 9. The maximum atomic E-state index is 12.9. The number of nitrogens with zero attached hydrogens (tertiary/aromatic N) is 1. The minimum absolute atomic E-state index is 0.0124. The van der Waals surface area contributed by atoms with Crippen molar-refractivity contribution in [3.8, 4) is 17.2 Å². The second kappa shape index (κ2) is 11.3. The average molecular weight is 560 g/mol. The predicted molar refractivity (Wildman–Crippen MR) is 141 cm³/mol. The standard InChI is InChI=1S/C26H22ClNO7S2/c1-3-34-23-14-17(8-13-22(23)35-37(31,32)20-11-9-19(33-2)10-12-20)15-24-25(29)28(26(30)36-24)16-18-6-4-5-7-21(18)27/h4-15H,3,16H2,1-2H3/b24-15-. The van der Waals surface area contributed by atoms with E-state index in [1.165, 1.54) is 37.4 Å². The van der Waals surface area contributed by atoms with Gasteiger partial charge >= 0.3 is 10.1 Å². The largest absolute Gasteiger partial charge is 0.497 e. The first-order chi connectivity index (χ1) is 17.7. The number of carbonyl (C=O) groups excluding carboxylic acids is 2. The Labute approximate surface area is 223 Å². The van der Waals surface area contributed by atoms with Crippen LogP contribution in [0.25, 0.3) is 6.08 Å². The van der Waals surface area contributed by atoms with Gasteiger partial charge in [-0.3, -0.25) is 14.5 Å². The molecule has 2 amide bonds. The van der Waals surface area contributed by atoms with Crippen molar-refractivity contribution in [2.24, 2.45) is 0 Å². The van der Waals surface area contributed by atoms with E-state index in [1.807, 2.05) is 0 Å². The van der Waals surface area contributed by atoms with Crippen LogP contribution in [0, 0.1) is 0 Å². The molecular formula is C26H22ClNO7S2. The Morgan fingerprint density at radius 2 is 1.73 bits per heavy atom. The molecule has 0 unspecified atom stereocenters. The smallest absolute Gasteiger partial charge is 0.339 e. The molecule has 0 saturated carbocycles. The maximum Gasteiger partial charge on any atom is 0.339 e. The molecule has 0 aliphatic carbocycles. The van der Waals surface area contributed by atoms with Crippen LogP contribution in [0.2, 0.25) is 5.02 Å². The van der Waals surface area contributed by atoms with Crippen LogP contribution in [0.1, 0.15) is 18.1 Å². The molecular weight excluding hydrogens is 538 g/mol. The van der Waals surface area contributed by atoms with Crippen molar-refractivity contribution in [1.29, 1.82) is 0 Å². The van der Waals surface area contributed by atoms with Crippen molar-refractivity contribution < 1.29 is 31.7 Å². The van der Waals surface area contributed by atoms with Crippen LogP contribution in [-0.2, 0) is 21.5 Å². The Bertz CT molecular complexity index is 1470. The molecule has 1 aliphatic heterocycles. The normalized spacial score (nSPS) is 14.8. The molecule has 1 saturated heterocycles. The highest BCUT2D eigenvalue weighted by molar-refractivity contribution is 8.18. The first-order valence-electron chi connectivity index (χ1n) is 11.1. The van der Waals surface area contributed by atoms with Crippen molar-refractivity contribution >= 4 is 50.7 Å². The number of hydrogen-bond donors (Lipinski definition) is 0. The van der Waals surface area contributed by atoms with E-state index >= 15 is 0 Å². The summed E-state index contributed by atoms with van der Waals surface area (Å²) in [4.78, 5) is 26.8. The summed E-state index contributed by atoms with van der Waals surface area (Å²) in [5.74, 6) is 0.218. The summed E-state index contributed by atoms with van der Waals surface area (Å²) in [6, 6.07) is 17.3. The number of thioether (sulfide) groups is 1. The van der Waals surface area contributed by atoms with Gasteiger partial charge in [0.2, 0.25) is 0 Å². The van der Waals surface area contributed by atoms with Crippen molar-refractivity contribution in [2.75, 3.05) is 13.7 Å². The summed E-state index contributed by atoms with van der Waals surface area (Å²) in [5, 5.41) is 0.0545. The van der Waals surface area contributed by atoms with Gasteiger partial charge in [0.15, 0.2) is 11.5 Å². The summed E-state index contributed by atoms with van der Waals surface area (Å²) in [6.45, 7) is 2.05. The molecule has 11 heteroatoms. The van der Waals surface area contributed by atoms with E-state index in [0.717, 1.165) is 16.7 Å². The fraction of sp³-hybridized carbons (Fsp3) is 0.154. The minimum atomic E-state index is -4.14.